The quantitative estimate of drug-likeness (QED) is 0.893. The normalized spacial score (nSPS) is 15.4. The Balaban J connectivity index is 2.50. The first-order valence-corrected chi connectivity index (χ1v) is 6.81. The molecule has 80 valence electrons. The van der Waals surface area contributed by atoms with Crippen LogP contribution in [0.4, 0.5) is 0 Å². The molecule has 1 heterocycles. The number of hydrogen-bond acceptors (Lipinski definition) is 3. The van der Waals surface area contributed by atoms with Gasteiger partial charge in [-0.25, -0.2) is 0 Å². The fourth-order valence-corrected chi connectivity index (χ4v) is 2.56. The summed E-state index contributed by atoms with van der Waals surface area (Å²) in [7, 11) is 0. The van der Waals surface area contributed by atoms with Crippen molar-refractivity contribution in [3.8, 4) is 0 Å². The third kappa shape index (κ3) is 3.33. The minimum atomic E-state index is 0.251. The summed E-state index contributed by atoms with van der Waals surface area (Å²) < 4.78 is 6.42. The molecule has 0 aliphatic rings. The molecule has 2 unspecified atom stereocenters. The van der Waals surface area contributed by atoms with E-state index in [1.165, 1.54) is 0 Å². The van der Waals surface area contributed by atoms with E-state index in [-0.39, 0.29) is 6.04 Å². The van der Waals surface area contributed by atoms with E-state index in [0.29, 0.717) is 6.04 Å². The number of hydrogen-bond donors (Lipinski definition) is 1. The lowest BCUT2D eigenvalue weighted by atomic mass is 10.2. The zero-order valence-corrected chi connectivity index (χ0v) is 11.1. The van der Waals surface area contributed by atoms with Crippen LogP contribution in [0.5, 0.6) is 0 Å². The second kappa shape index (κ2) is 5.83. The number of nitrogens with one attached hydrogen (secondary N) is 1. The molecule has 0 aliphatic heterocycles. The summed E-state index contributed by atoms with van der Waals surface area (Å²) in [4.78, 5) is 0. The van der Waals surface area contributed by atoms with E-state index in [0.717, 1.165) is 16.0 Å². The lowest BCUT2D eigenvalue weighted by Crippen LogP contribution is -2.30. The molecule has 1 rings (SSSR count). The van der Waals surface area contributed by atoms with Crippen molar-refractivity contribution in [2.24, 2.45) is 0 Å². The van der Waals surface area contributed by atoms with Crippen molar-refractivity contribution < 1.29 is 4.42 Å². The molecule has 14 heavy (non-hydrogen) atoms. The molecule has 2 nitrogen and oxygen atoms in total. The predicted octanol–water partition coefficient (Wildman–Crippen LogP) is 3.44. The van der Waals surface area contributed by atoms with Crippen molar-refractivity contribution in [3.05, 3.63) is 22.6 Å². The van der Waals surface area contributed by atoms with Gasteiger partial charge in [-0.05, 0) is 42.1 Å². The Morgan fingerprint density at radius 3 is 2.79 bits per heavy atom. The van der Waals surface area contributed by atoms with Crippen LogP contribution in [0.1, 0.15) is 25.6 Å². The maximum atomic E-state index is 5.39. The molecule has 0 fully saturated rings. The fraction of sp³-hybridized carbons (Fsp3) is 0.600. The molecule has 0 bridgehead atoms. The zero-order valence-electron chi connectivity index (χ0n) is 8.71. The highest BCUT2D eigenvalue weighted by Gasteiger charge is 2.14. The first kappa shape index (κ1) is 12.1. The molecule has 1 aromatic rings. The summed E-state index contributed by atoms with van der Waals surface area (Å²) in [6.45, 7) is 4.30. The number of halogens is 1. The van der Waals surface area contributed by atoms with Crippen LogP contribution in [-0.2, 0) is 0 Å². The van der Waals surface area contributed by atoms with E-state index in [2.05, 4.69) is 41.3 Å². The van der Waals surface area contributed by atoms with Gasteiger partial charge in [-0.2, -0.15) is 11.8 Å². The van der Waals surface area contributed by atoms with Crippen molar-refractivity contribution >= 4 is 27.7 Å². The van der Waals surface area contributed by atoms with Crippen LogP contribution in [0.25, 0.3) is 0 Å². The SMILES string of the molecule is CSCC(C)NC(C)c1occc1Br. The van der Waals surface area contributed by atoms with Crippen molar-refractivity contribution in [2.45, 2.75) is 25.9 Å². The van der Waals surface area contributed by atoms with Crippen LogP contribution < -0.4 is 5.32 Å². The van der Waals surface area contributed by atoms with Gasteiger partial charge in [-0.3, -0.25) is 0 Å². The summed E-state index contributed by atoms with van der Waals surface area (Å²) in [6, 6.07) is 2.67. The topological polar surface area (TPSA) is 25.2 Å². The molecule has 4 heteroatoms. The molecule has 1 aromatic heterocycles. The predicted molar refractivity (Wildman–Crippen MR) is 65.8 cm³/mol. The number of furan rings is 1. The van der Waals surface area contributed by atoms with Gasteiger partial charge in [0.2, 0.25) is 0 Å². The van der Waals surface area contributed by atoms with Gasteiger partial charge in [0.25, 0.3) is 0 Å². The molecule has 2 atom stereocenters. The van der Waals surface area contributed by atoms with E-state index >= 15 is 0 Å². The van der Waals surface area contributed by atoms with E-state index in [1.54, 1.807) is 6.26 Å². The Kier molecular flexibility index (Phi) is 5.06. The van der Waals surface area contributed by atoms with Crippen molar-refractivity contribution in [1.82, 2.24) is 5.32 Å². The van der Waals surface area contributed by atoms with Crippen molar-refractivity contribution in [3.63, 3.8) is 0 Å². The Bertz CT molecular complexity index is 277. The summed E-state index contributed by atoms with van der Waals surface area (Å²) in [5, 5.41) is 3.48. The second-order valence-corrected chi connectivity index (χ2v) is 5.14. The first-order chi connectivity index (χ1) is 6.65. The first-order valence-electron chi connectivity index (χ1n) is 4.63. The van der Waals surface area contributed by atoms with E-state index in [1.807, 2.05) is 17.8 Å². The van der Waals surface area contributed by atoms with Gasteiger partial charge in [0.15, 0.2) is 0 Å². The highest BCUT2D eigenvalue weighted by Crippen LogP contribution is 2.24. The molecule has 0 saturated heterocycles. The number of rotatable bonds is 5. The standard InChI is InChI=1S/C10H16BrNOS/c1-7(6-14-3)12-8(2)10-9(11)4-5-13-10/h4-5,7-8,12H,6H2,1-3H3. The van der Waals surface area contributed by atoms with Crippen LogP contribution >= 0.6 is 27.7 Å². The minimum Gasteiger partial charge on any atom is -0.466 e. The van der Waals surface area contributed by atoms with E-state index in [9.17, 15) is 0 Å². The molecule has 1 N–H and O–H groups in total. The monoisotopic (exact) mass is 277 g/mol. The molecule has 0 amide bonds. The zero-order chi connectivity index (χ0) is 10.6. The largest absolute Gasteiger partial charge is 0.466 e. The van der Waals surface area contributed by atoms with Gasteiger partial charge < -0.3 is 9.73 Å². The van der Waals surface area contributed by atoms with E-state index < -0.39 is 0 Å². The van der Waals surface area contributed by atoms with Crippen LogP contribution in [0, 0.1) is 0 Å². The highest BCUT2D eigenvalue weighted by molar-refractivity contribution is 9.10. The molecule has 0 saturated carbocycles. The average molecular weight is 278 g/mol. The lowest BCUT2D eigenvalue weighted by molar-refractivity contribution is 0.408. The second-order valence-electron chi connectivity index (χ2n) is 3.38. The van der Waals surface area contributed by atoms with Gasteiger partial charge >= 0.3 is 0 Å². The molecule has 0 aromatic carbocycles. The third-order valence-corrected chi connectivity index (χ3v) is 3.48. The van der Waals surface area contributed by atoms with Crippen LogP contribution in [0.15, 0.2) is 21.2 Å². The minimum absolute atomic E-state index is 0.251. The highest BCUT2D eigenvalue weighted by atomic mass is 79.9. The van der Waals surface area contributed by atoms with E-state index in [4.69, 9.17) is 4.42 Å². The van der Waals surface area contributed by atoms with Gasteiger partial charge in [-0.15, -0.1) is 0 Å². The lowest BCUT2D eigenvalue weighted by Gasteiger charge is -2.17. The van der Waals surface area contributed by atoms with Crippen LogP contribution in [0.2, 0.25) is 0 Å². The van der Waals surface area contributed by atoms with Crippen LogP contribution in [-0.4, -0.2) is 18.1 Å². The summed E-state index contributed by atoms with van der Waals surface area (Å²) in [6.07, 6.45) is 3.82. The molecular formula is C10H16BrNOS. The summed E-state index contributed by atoms with van der Waals surface area (Å²) >= 11 is 5.31. The van der Waals surface area contributed by atoms with Crippen molar-refractivity contribution in [2.75, 3.05) is 12.0 Å². The molecule has 0 aliphatic carbocycles. The molecular weight excluding hydrogens is 262 g/mol. The van der Waals surface area contributed by atoms with Gasteiger partial charge in [0.05, 0.1) is 16.8 Å². The van der Waals surface area contributed by atoms with Gasteiger partial charge in [0.1, 0.15) is 5.76 Å². The third-order valence-electron chi connectivity index (χ3n) is 1.99. The maximum absolute atomic E-state index is 5.39. The van der Waals surface area contributed by atoms with Crippen LogP contribution in [0.3, 0.4) is 0 Å². The Labute approximate surface area is 98.0 Å². The van der Waals surface area contributed by atoms with Crippen molar-refractivity contribution in [1.29, 1.82) is 0 Å². The van der Waals surface area contributed by atoms with Gasteiger partial charge in [0, 0.05) is 11.8 Å². The summed E-state index contributed by atoms with van der Waals surface area (Å²) in [5.41, 5.74) is 0. The van der Waals surface area contributed by atoms with Gasteiger partial charge in [-0.1, -0.05) is 0 Å². The summed E-state index contributed by atoms with van der Waals surface area (Å²) in [5.74, 6) is 2.08. The Hall–Kier alpha value is 0.0700. The Morgan fingerprint density at radius 1 is 1.57 bits per heavy atom. The molecule has 0 spiro atoms. The maximum Gasteiger partial charge on any atom is 0.134 e. The smallest absolute Gasteiger partial charge is 0.134 e. The Morgan fingerprint density at radius 2 is 2.29 bits per heavy atom. The molecule has 0 radical (unpaired) electrons. The fourth-order valence-electron chi connectivity index (χ4n) is 1.41. The average Bonchev–Trinajstić information content (AvgIpc) is 2.51. The number of thioether (sulfide) groups is 1.